The van der Waals surface area contributed by atoms with Crippen molar-refractivity contribution in [1.82, 2.24) is 10.3 Å². The molecule has 96 valence electrons. The topological polar surface area (TPSA) is 64.9 Å². The summed E-state index contributed by atoms with van der Waals surface area (Å²) in [5, 5.41) is 8.52. The van der Waals surface area contributed by atoms with Gasteiger partial charge in [-0.3, -0.25) is 0 Å². The Labute approximate surface area is 110 Å². The number of anilines is 1. The summed E-state index contributed by atoms with van der Waals surface area (Å²) in [6.45, 7) is 2.34. The normalized spacial score (nSPS) is 24.5. The van der Waals surface area contributed by atoms with Gasteiger partial charge in [0.1, 0.15) is 0 Å². The molecule has 1 aliphatic carbocycles. The summed E-state index contributed by atoms with van der Waals surface area (Å²) < 4.78 is 4.80. The lowest BCUT2D eigenvalue weighted by Gasteiger charge is -2.26. The lowest BCUT2D eigenvalue weighted by molar-refractivity contribution is 0.315. The molecule has 18 heavy (non-hydrogen) atoms. The van der Waals surface area contributed by atoms with Gasteiger partial charge in [0.2, 0.25) is 0 Å². The van der Waals surface area contributed by atoms with Gasteiger partial charge in [0.15, 0.2) is 11.0 Å². The molecule has 0 amide bonds. The van der Waals surface area contributed by atoms with Gasteiger partial charge in [-0.05, 0) is 41.2 Å². The Morgan fingerprint density at radius 1 is 1.28 bits per heavy atom. The van der Waals surface area contributed by atoms with E-state index in [0.29, 0.717) is 16.5 Å². The Kier molecular flexibility index (Phi) is 3.16. The smallest absolute Gasteiger partial charge is 0.159 e. The van der Waals surface area contributed by atoms with Crippen LogP contribution in [0, 0.1) is 5.92 Å². The lowest BCUT2D eigenvalue weighted by Crippen LogP contribution is -2.14. The molecular weight excluding hydrogens is 246 g/mol. The molecule has 1 aromatic carbocycles. The van der Waals surface area contributed by atoms with Crippen LogP contribution in [-0.4, -0.2) is 15.6 Å². The number of thioether (sulfide) groups is 1. The van der Waals surface area contributed by atoms with Crippen molar-refractivity contribution in [3.63, 3.8) is 0 Å². The van der Waals surface area contributed by atoms with E-state index in [1.54, 1.807) is 0 Å². The first-order chi connectivity index (χ1) is 8.74. The minimum absolute atomic E-state index is 0.632. The molecule has 0 radical (unpaired) electrons. The van der Waals surface area contributed by atoms with Gasteiger partial charge in [-0.2, -0.15) is 0 Å². The number of rotatable bonds is 2. The molecule has 4 nitrogen and oxygen atoms in total. The van der Waals surface area contributed by atoms with Crippen molar-refractivity contribution in [3.05, 3.63) is 12.1 Å². The van der Waals surface area contributed by atoms with Crippen LogP contribution in [0.1, 0.15) is 32.6 Å². The summed E-state index contributed by atoms with van der Waals surface area (Å²) in [5.74, 6) is 0.830. The van der Waals surface area contributed by atoms with Gasteiger partial charge in [0, 0.05) is 10.1 Å². The van der Waals surface area contributed by atoms with Crippen molar-refractivity contribution >= 4 is 28.5 Å². The number of hydrogen-bond acceptors (Lipinski definition) is 5. The molecule has 2 unspecified atom stereocenters. The second-order valence-electron chi connectivity index (χ2n) is 5.13. The van der Waals surface area contributed by atoms with E-state index in [4.69, 9.17) is 10.4 Å². The van der Waals surface area contributed by atoms with Crippen molar-refractivity contribution in [2.45, 2.75) is 42.8 Å². The molecule has 0 bridgehead atoms. The van der Waals surface area contributed by atoms with Crippen LogP contribution in [0.5, 0.6) is 0 Å². The zero-order chi connectivity index (χ0) is 12.5. The molecule has 1 saturated carbocycles. The molecule has 3 rings (SSSR count). The molecule has 2 atom stereocenters. The maximum atomic E-state index is 5.85. The Morgan fingerprint density at radius 2 is 2.11 bits per heavy atom. The van der Waals surface area contributed by atoms with Gasteiger partial charge in [0.05, 0.1) is 5.69 Å². The molecule has 0 spiro atoms. The Hall–Kier alpha value is -1.23. The highest BCUT2D eigenvalue weighted by atomic mass is 32.2. The maximum Gasteiger partial charge on any atom is 0.159 e. The highest BCUT2D eigenvalue weighted by molar-refractivity contribution is 8.00. The van der Waals surface area contributed by atoms with E-state index in [1.165, 1.54) is 25.7 Å². The molecule has 1 aliphatic rings. The number of aromatic nitrogens is 2. The Bertz CT molecular complexity index is 554. The molecule has 1 fully saturated rings. The summed E-state index contributed by atoms with van der Waals surface area (Å²) in [5.41, 5.74) is 7.97. The average Bonchev–Trinajstić information content (AvgIpc) is 2.83. The second-order valence-corrected chi connectivity index (χ2v) is 6.47. The zero-order valence-electron chi connectivity index (χ0n) is 10.4. The number of nitrogen functional groups attached to an aromatic ring is 1. The summed E-state index contributed by atoms with van der Waals surface area (Å²) in [7, 11) is 0. The van der Waals surface area contributed by atoms with Crippen LogP contribution in [0.25, 0.3) is 11.0 Å². The summed E-state index contributed by atoms with van der Waals surface area (Å²) in [4.78, 5) is 1.14. The molecule has 1 heterocycles. The average molecular weight is 263 g/mol. The van der Waals surface area contributed by atoms with E-state index in [-0.39, 0.29) is 0 Å². The molecule has 0 saturated heterocycles. The number of hydrogen-bond donors (Lipinski definition) is 1. The SMILES string of the molecule is CC1CCCC(Sc2ccc(N)c3nonc23)C1. The predicted octanol–water partition coefficient (Wildman–Crippen LogP) is 3.48. The Balaban J connectivity index is 1.86. The maximum absolute atomic E-state index is 5.85. The third-order valence-electron chi connectivity index (χ3n) is 3.59. The first kappa shape index (κ1) is 11.8. The standard InChI is InChI=1S/C13H17N3OS/c1-8-3-2-4-9(7-8)18-11-6-5-10(14)12-13(11)16-17-15-12/h5-6,8-9H,2-4,7,14H2,1H3. The van der Waals surface area contributed by atoms with Crippen LogP contribution < -0.4 is 5.73 Å². The molecule has 2 aromatic rings. The van der Waals surface area contributed by atoms with Gasteiger partial charge in [-0.15, -0.1) is 11.8 Å². The van der Waals surface area contributed by atoms with Crippen molar-refractivity contribution in [2.75, 3.05) is 5.73 Å². The zero-order valence-corrected chi connectivity index (χ0v) is 11.2. The van der Waals surface area contributed by atoms with E-state index in [0.717, 1.165) is 16.3 Å². The summed E-state index contributed by atoms with van der Waals surface area (Å²) >= 11 is 1.89. The van der Waals surface area contributed by atoms with Crippen molar-refractivity contribution in [3.8, 4) is 0 Å². The Morgan fingerprint density at radius 3 is 2.94 bits per heavy atom. The van der Waals surface area contributed by atoms with E-state index in [9.17, 15) is 0 Å². The first-order valence-electron chi connectivity index (χ1n) is 6.41. The lowest BCUT2D eigenvalue weighted by atomic mass is 9.91. The van der Waals surface area contributed by atoms with Crippen LogP contribution >= 0.6 is 11.8 Å². The van der Waals surface area contributed by atoms with E-state index >= 15 is 0 Å². The van der Waals surface area contributed by atoms with E-state index < -0.39 is 0 Å². The third-order valence-corrected chi connectivity index (χ3v) is 4.94. The largest absolute Gasteiger partial charge is 0.397 e. The number of nitrogens with zero attached hydrogens (tertiary/aromatic N) is 2. The van der Waals surface area contributed by atoms with Crippen LogP contribution in [-0.2, 0) is 0 Å². The fourth-order valence-electron chi connectivity index (χ4n) is 2.62. The molecular formula is C13H17N3OS. The van der Waals surface area contributed by atoms with E-state index in [2.05, 4.69) is 17.2 Å². The van der Waals surface area contributed by atoms with Crippen molar-refractivity contribution in [2.24, 2.45) is 5.92 Å². The summed E-state index contributed by atoms with van der Waals surface area (Å²) in [6, 6.07) is 3.92. The molecule has 0 aliphatic heterocycles. The second kappa shape index (κ2) is 4.80. The van der Waals surface area contributed by atoms with Gasteiger partial charge >= 0.3 is 0 Å². The van der Waals surface area contributed by atoms with Gasteiger partial charge in [-0.1, -0.05) is 19.8 Å². The quantitative estimate of drug-likeness (QED) is 0.840. The minimum atomic E-state index is 0.632. The number of nitrogens with two attached hydrogens (primary N) is 1. The fourth-order valence-corrected chi connectivity index (χ4v) is 4.08. The van der Waals surface area contributed by atoms with Crippen LogP contribution in [0.15, 0.2) is 21.7 Å². The molecule has 1 aromatic heterocycles. The predicted molar refractivity (Wildman–Crippen MR) is 73.5 cm³/mol. The first-order valence-corrected chi connectivity index (χ1v) is 7.29. The van der Waals surface area contributed by atoms with Crippen molar-refractivity contribution < 1.29 is 4.63 Å². The van der Waals surface area contributed by atoms with Gasteiger partial charge in [-0.25, -0.2) is 4.63 Å². The van der Waals surface area contributed by atoms with Gasteiger partial charge in [0.25, 0.3) is 0 Å². The van der Waals surface area contributed by atoms with Crippen molar-refractivity contribution in [1.29, 1.82) is 0 Å². The van der Waals surface area contributed by atoms with Crippen LogP contribution in [0.2, 0.25) is 0 Å². The van der Waals surface area contributed by atoms with E-state index in [1.807, 2.05) is 23.9 Å². The number of benzene rings is 1. The highest BCUT2D eigenvalue weighted by Gasteiger charge is 2.21. The molecule has 2 N–H and O–H groups in total. The van der Waals surface area contributed by atoms with Crippen LogP contribution in [0.4, 0.5) is 5.69 Å². The number of fused-ring (bicyclic) bond motifs is 1. The van der Waals surface area contributed by atoms with Crippen LogP contribution in [0.3, 0.4) is 0 Å². The highest BCUT2D eigenvalue weighted by Crippen LogP contribution is 2.38. The summed E-state index contributed by atoms with van der Waals surface area (Å²) in [6.07, 6.45) is 5.25. The monoisotopic (exact) mass is 263 g/mol. The third kappa shape index (κ3) is 2.19. The fraction of sp³-hybridized carbons (Fsp3) is 0.538. The molecule has 5 heteroatoms. The van der Waals surface area contributed by atoms with Gasteiger partial charge < -0.3 is 5.73 Å². The minimum Gasteiger partial charge on any atom is -0.397 e.